The molecule has 3 aromatic rings. The summed E-state index contributed by atoms with van der Waals surface area (Å²) in [7, 11) is -3.71. The highest BCUT2D eigenvalue weighted by Gasteiger charge is 2.20. The van der Waals surface area contributed by atoms with Gasteiger partial charge in [-0.05, 0) is 55.5 Å². The van der Waals surface area contributed by atoms with Crippen LogP contribution in [0.4, 0.5) is 15.8 Å². The highest BCUT2D eigenvalue weighted by atomic mass is 32.2. The molecule has 0 unspecified atom stereocenters. The Morgan fingerprint density at radius 1 is 0.970 bits per heavy atom. The first-order valence-electron chi connectivity index (χ1n) is 10.1. The molecular formula is C24H23FN2O5S. The van der Waals surface area contributed by atoms with Crippen LogP contribution in [-0.4, -0.2) is 33.2 Å². The van der Waals surface area contributed by atoms with Gasteiger partial charge in [-0.15, -0.1) is 0 Å². The van der Waals surface area contributed by atoms with E-state index < -0.39 is 27.7 Å². The van der Waals surface area contributed by atoms with E-state index in [0.717, 1.165) is 10.6 Å². The summed E-state index contributed by atoms with van der Waals surface area (Å²) >= 11 is 0. The Bertz CT molecular complexity index is 1260. The maximum Gasteiger partial charge on any atom is 0.338 e. The number of sulfonamides is 1. The molecular weight excluding hydrogens is 447 g/mol. The summed E-state index contributed by atoms with van der Waals surface area (Å²) in [4.78, 5) is 24.5. The van der Waals surface area contributed by atoms with Gasteiger partial charge >= 0.3 is 5.97 Å². The number of rotatable bonds is 8. The fraction of sp³-hybridized carbons (Fsp3) is 0.167. The number of nitrogens with one attached hydrogen (secondary N) is 1. The zero-order valence-electron chi connectivity index (χ0n) is 18.1. The van der Waals surface area contributed by atoms with Crippen LogP contribution in [0.3, 0.4) is 0 Å². The Kier molecular flexibility index (Phi) is 7.44. The summed E-state index contributed by atoms with van der Waals surface area (Å²) < 4.78 is 44.7. The largest absolute Gasteiger partial charge is 0.462 e. The number of esters is 1. The average molecular weight is 471 g/mol. The summed E-state index contributed by atoms with van der Waals surface area (Å²) in [6.07, 6.45) is 1.03. The number of hydrogen-bond acceptors (Lipinski definition) is 5. The third-order valence-corrected chi connectivity index (χ3v) is 5.86. The van der Waals surface area contributed by atoms with Gasteiger partial charge in [-0.3, -0.25) is 9.10 Å². The van der Waals surface area contributed by atoms with Gasteiger partial charge in [-0.25, -0.2) is 17.6 Å². The van der Waals surface area contributed by atoms with E-state index in [9.17, 15) is 22.4 Å². The maximum absolute atomic E-state index is 14.0. The van der Waals surface area contributed by atoms with Crippen molar-refractivity contribution in [2.45, 2.75) is 13.5 Å². The van der Waals surface area contributed by atoms with Gasteiger partial charge in [0.05, 0.1) is 30.7 Å². The number of halogens is 1. The third-order valence-electron chi connectivity index (χ3n) is 4.72. The van der Waals surface area contributed by atoms with Crippen LogP contribution in [0.5, 0.6) is 0 Å². The molecule has 33 heavy (non-hydrogen) atoms. The van der Waals surface area contributed by atoms with Crippen molar-refractivity contribution < 1.29 is 27.1 Å². The fourth-order valence-corrected chi connectivity index (χ4v) is 3.98. The molecule has 9 heteroatoms. The predicted octanol–water partition coefficient (Wildman–Crippen LogP) is 4.22. The molecule has 0 bridgehead atoms. The molecule has 0 aliphatic heterocycles. The number of nitrogens with zero attached hydrogens (tertiary/aromatic N) is 1. The Morgan fingerprint density at radius 2 is 1.67 bits per heavy atom. The molecule has 0 saturated carbocycles. The normalized spacial score (nSPS) is 11.0. The minimum atomic E-state index is -3.71. The van der Waals surface area contributed by atoms with Crippen molar-refractivity contribution in [3.8, 4) is 0 Å². The highest BCUT2D eigenvalue weighted by Crippen LogP contribution is 2.23. The lowest BCUT2D eigenvalue weighted by atomic mass is 10.1. The molecule has 0 radical (unpaired) electrons. The van der Waals surface area contributed by atoms with Gasteiger partial charge in [0, 0.05) is 16.8 Å². The van der Waals surface area contributed by atoms with Crippen molar-refractivity contribution in [1.82, 2.24) is 0 Å². The van der Waals surface area contributed by atoms with Crippen molar-refractivity contribution in [2.75, 3.05) is 22.5 Å². The molecule has 172 valence electrons. The van der Waals surface area contributed by atoms with Gasteiger partial charge in [0.15, 0.2) is 0 Å². The molecule has 7 nitrogen and oxygen atoms in total. The molecule has 0 atom stereocenters. The lowest BCUT2D eigenvalue weighted by Gasteiger charge is -2.23. The second kappa shape index (κ2) is 10.3. The van der Waals surface area contributed by atoms with E-state index in [1.807, 2.05) is 0 Å². The fourth-order valence-electron chi connectivity index (χ4n) is 3.10. The number of benzene rings is 3. The van der Waals surface area contributed by atoms with Crippen molar-refractivity contribution in [3.63, 3.8) is 0 Å². The highest BCUT2D eigenvalue weighted by molar-refractivity contribution is 7.92. The number of anilines is 2. The van der Waals surface area contributed by atoms with E-state index >= 15 is 0 Å². The van der Waals surface area contributed by atoms with Crippen LogP contribution in [0.1, 0.15) is 33.2 Å². The average Bonchev–Trinajstić information content (AvgIpc) is 2.78. The summed E-state index contributed by atoms with van der Waals surface area (Å²) in [5.41, 5.74) is 1.52. The first-order valence-corrected chi connectivity index (χ1v) is 11.9. The minimum Gasteiger partial charge on any atom is -0.462 e. The Labute approximate surface area is 191 Å². The van der Waals surface area contributed by atoms with Gasteiger partial charge in [0.1, 0.15) is 5.82 Å². The molecule has 0 heterocycles. The van der Waals surface area contributed by atoms with Gasteiger partial charge in [0.2, 0.25) is 10.0 Å². The first kappa shape index (κ1) is 23.9. The van der Waals surface area contributed by atoms with E-state index in [1.165, 1.54) is 48.5 Å². The van der Waals surface area contributed by atoms with Gasteiger partial charge in [0.25, 0.3) is 5.91 Å². The zero-order chi connectivity index (χ0) is 24.0. The SMILES string of the molecule is CCOC(=O)c1cccc(NC(=O)c2ccc(N(Cc3ccccc3F)S(C)(=O)=O)cc2)c1. The van der Waals surface area contributed by atoms with Crippen molar-refractivity contribution in [3.05, 3.63) is 95.3 Å². The van der Waals surface area contributed by atoms with E-state index in [4.69, 9.17) is 4.74 Å². The van der Waals surface area contributed by atoms with Crippen molar-refractivity contribution >= 4 is 33.3 Å². The minimum absolute atomic E-state index is 0.183. The summed E-state index contributed by atoms with van der Waals surface area (Å²) in [5, 5.41) is 2.69. The smallest absolute Gasteiger partial charge is 0.338 e. The van der Waals surface area contributed by atoms with Crippen LogP contribution in [0.2, 0.25) is 0 Å². The Balaban J connectivity index is 1.78. The zero-order valence-corrected chi connectivity index (χ0v) is 18.9. The molecule has 1 amide bonds. The van der Waals surface area contributed by atoms with Crippen LogP contribution in [0.25, 0.3) is 0 Å². The van der Waals surface area contributed by atoms with Crippen molar-refractivity contribution in [2.24, 2.45) is 0 Å². The molecule has 3 aromatic carbocycles. The molecule has 0 fully saturated rings. The number of amides is 1. The van der Waals surface area contributed by atoms with E-state index in [0.29, 0.717) is 16.9 Å². The second-order valence-electron chi connectivity index (χ2n) is 7.16. The molecule has 1 N–H and O–H groups in total. The van der Waals surface area contributed by atoms with Crippen LogP contribution >= 0.6 is 0 Å². The number of ether oxygens (including phenoxy) is 1. The standard InChI is InChI=1S/C24H23FN2O5S/c1-3-32-24(29)18-8-6-9-20(15-18)26-23(28)17-11-13-21(14-12-17)27(33(2,30)31)16-19-7-4-5-10-22(19)25/h4-15H,3,16H2,1-2H3,(H,26,28). The van der Waals surface area contributed by atoms with E-state index in [2.05, 4.69) is 5.32 Å². The first-order chi connectivity index (χ1) is 15.7. The lowest BCUT2D eigenvalue weighted by molar-refractivity contribution is 0.0526. The van der Waals surface area contributed by atoms with E-state index in [-0.39, 0.29) is 24.3 Å². The predicted molar refractivity (Wildman–Crippen MR) is 124 cm³/mol. The molecule has 0 aliphatic rings. The van der Waals surface area contributed by atoms with Gasteiger partial charge in [-0.2, -0.15) is 0 Å². The number of hydrogen-bond donors (Lipinski definition) is 1. The van der Waals surface area contributed by atoms with Crippen LogP contribution in [0, 0.1) is 5.82 Å². The molecule has 3 rings (SSSR count). The second-order valence-corrected chi connectivity index (χ2v) is 9.07. The quantitative estimate of drug-likeness (QED) is 0.498. The van der Waals surface area contributed by atoms with Crippen LogP contribution in [0.15, 0.2) is 72.8 Å². The summed E-state index contributed by atoms with van der Waals surface area (Å²) in [6, 6.07) is 18.2. The number of carbonyl (C=O) groups is 2. The van der Waals surface area contributed by atoms with Crippen molar-refractivity contribution in [1.29, 1.82) is 0 Å². The van der Waals surface area contributed by atoms with Crippen LogP contribution < -0.4 is 9.62 Å². The number of carbonyl (C=O) groups excluding carboxylic acids is 2. The topological polar surface area (TPSA) is 92.8 Å². The molecule has 0 saturated heterocycles. The monoisotopic (exact) mass is 470 g/mol. The van der Waals surface area contributed by atoms with Gasteiger partial charge in [-0.1, -0.05) is 24.3 Å². The Hall–Kier alpha value is -3.72. The lowest BCUT2D eigenvalue weighted by Crippen LogP contribution is -2.29. The molecule has 0 spiro atoms. The van der Waals surface area contributed by atoms with Crippen LogP contribution in [-0.2, 0) is 21.3 Å². The molecule has 0 aliphatic carbocycles. The third kappa shape index (κ3) is 6.17. The maximum atomic E-state index is 14.0. The van der Waals surface area contributed by atoms with Gasteiger partial charge < -0.3 is 10.1 Å². The summed E-state index contributed by atoms with van der Waals surface area (Å²) in [6.45, 7) is 1.76. The Morgan fingerprint density at radius 3 is 2.30 bits per heavy atom. The van der Waals surface area contributed by atoms with E-state index in [1.54, 1.807) is 31.2 Å². The summed E-state index contributed by atoms with van der Waals surface area (Å²) in [5.74, 6) is -1.44. The molecule has 0 aromatic heterocycles.